The van der Waals surface area contributed by atoms with E-state index in [2.05, 4.69) is 49.5 Å². The first-order valence-corrected chi connectivity index (χ1v) is 12.5. The van der Waals surface area contributed by atoms with E-state index in [4.69, 9.17) is 12.2 Å². The van der Waals surface area contributed by atoms with Crippen LogP contribution in [-0.4, -0.2) is 32.0 Å². The molecule has 1 fully saturated rings. The van der Waals surface area contributed by atoms with E-state index < -0.39 is 0 Å². The first-order valence-electron chi connectivity index (χ1n) is 12.1. The third-order valence-corrected chi connectivity index (χ3v) is 6.91. The van der Waals surface area contributed by atoms with E-state index >= 15 is 0 Å². The molecule has 6 nitrogen and oxygen atoms in total. The van der Waals surface area contributed by atoms with Gasteiger partial charge in [-0.3, -0.25) is 9.78 Å². The average molecular weight is 496 g/mol. The molecule has 2 aromatic carbocycles. The number of anilines is 1. The Morgan fingerprint density at radius 3 is 2.61 bits per heavy atom. The number of pyridine rings is 1. The van der Waals surface area contributed by atoms with Gasteiger partial charge in [-0.25, -0.2) is 0 Å². The summed E-state index contributed by atoms with van der Waals surface area (Å²) < 4.78 is 2.18. The van der Waals surface area contributed by atoms with Gasteiger partial charge in [0.1, 0.15) is 0 Å². The highest BCUT2D eigenvalue weighted by atomic mass is 32.1. The average Bonchev–Trinajstić information content (AvgIpc) is 3.50. The number of amides is 1. The van der Waals surface area contributed by atoms with E-state index in [1.807, 2.05) is 74.5 Å². The standard InChI is InChI=1S/C29H29N5OS/c1-20-13-14-21(2)24(19-20)31-26(35)15-18-34-28(27(32-29(34)36)23-11-6-7-16-30-23)25-12-8-17-33(25)22-9-4-3-5-10-22/h3-14,16-17,19,27-28H,15,18H2,1-2H3,(H,31,35)(H,32,36)/t27-,28-/m1/s1. The van der Waals surface area contributed by atoms with Crippen molar-refractivity contribution in [2.24, 2.45) is 0 Å². The molecule has 0 aliphatic carbocycles. The zero-order valence-corrected chi connectivity index (χ0v) is 21.2. The molecule has 0 spiro atoms. The van der Waals surface area contributed by atoms with Crippen molar-refractivity contribution in [3.63, 3.8) is 0 Å². The number of thiocarbonyl (C=S) groups is 1. The minimum absolute atomic E-state index is 0.0371. The monoisotopic (exact) mass is 495 g/mol. The fourth-order valence-electron chi connectivity index (χ4n) is 4.73. The molecule has 2 N–H and O–H groups in total. The number of hydrogen-bond donors (Lipinski definition) is 2. The lowest BCUT2D eigenvalue weighted by atomic mass is 10.0. The second-order valence-corrected chi connectivity index (χ2v) is 9.46. The van der Waals surface area contributed by atoms with Gasteiger partial charge in [0.15, 0.2) is 5.11 Å². The molecule has 0 unspecified atom stereocenters. The SMILES string of the molecule is Cc1ccc(C)c(NC(=O)CCN2C(=S)N[C@H](c3ccccn3)[C@H]2c2cccn2-c2ccccc2)c1. The first kappa shape index (κ1) is 23.8. The maximum atomic E-state index is 13.0. The van der Waals surface area contributed by atoms with Gasteiger partial charge in [-0.1, -0.05) is 36.4 Å². The molecule has 182 valence electrons. The summed E-state index contributed by atoms with van der Waals surface area (Å²) >= 11 is 5.79. The molecule has 1 saturated heterocycles. The number of aryl methyl sites for hydroxylation is 2. The molecular weight excluding hydrogens is 466 g/mol. The second kappa shape index (κ2) is 10.3. The van der Waals surface area contributed by atoms with Crippen LogP contribution in [0.15, 0.2) is 91.3 Å². The summed E-state index contributed by atoms with van der Waals surface area (Å²) in [5, 5.41) is 7.17. The fourth-order valence-corrected chi connectivity index (χ4v) is 5.06. The van der Waals surface area contributed by atoms with Gasteiger partial charge in [0.05, 0.1) is 17.8 Å². The van der Waals surface area contributed by atoms with Crippen LogP contribution in [0.4, 0.5) is 5.69 Å². The van der Waals surface area contributed by atoms with Crippen molar-refractivity contribution in [2.75, 3.05) is 11.9 Å². The van der Waals surface area contributed by atoms with E-state index in [-0.39, 0.29) is 18.0 Å². The van der Waals surface area contributed by atoms with Crippen molar-refractivity contribution in [1.82, 2.24) is 19.8 Å². The van der Waals surface area contributed by atoms with E-state index in [1.54, 1.807) is 6.20 Å². The van der Waals surface area contributed by atoms with Crippen molar-refractivity contribution in [2.45, 2.75) is 32.4 Å². The highest BCUT2D eigenvalue weighted by molar-refractivity contribution is 7.80. The van der Waals surface area contributed by atoms with Crippen LogP contribution in [0.25, 0.3) is 5.69 Å². The van der Waals surface area contributed by atoms with Crippen molar-refractivity contribution >= 4 is 28.9 Å². The predicted molar refractivity (Wildman–Crippen MR) is 147 cm³/mol. The lowest BCUT2D eigenvalue weighted by Gasteiger charge is -2.29. The summed E-state index contributed by atoms with van der Waals surface area (Å²) in [7, 11) is 0. The summed E-state index contributed by atoms with van der Waals surface area (Å²) in [6.07, 6.45) is 4.17. The van der Waals surface area contributed by atoms with Crippen molar-refractivity contribution in [1.29, 1.82) is 0 Å². The topological polar surface area (TPSA) is 62.2 Å². The van der Waals surface area contributed by atoms with Gasteiger partial charge in [-0.2, -0.15) is 0 Å². The molecule has 2 aromatic heterocycles. The van der Waals surface area contributed by atoms with Gasteiger partial charge in [0, 0.05) is 42.4 Å². The summed E-state index contributed by atoms with van der Waals surface area (Å²) in [5.74, 6) is -0.0371. The summed E-state index contributed by atoms with van der Waals surface area (Å²) in [4.78, 5) is 19.7. The van der Waals surface area contributed by atoms with Crippen LogP contribution in [-0.2, 0) is 4.79 Å². The molecule has 1 aliphatic heterocycles. The molecule has 36 heavy (non-hydrogen) atoms. The van der Waals surface area contributed by atoms with E-state index in [0.717, 1.165) is 33.9 Å². The Bertz CT molecular complexity index is 1370. The second-order valence-electron chi connectivity index (χ2n) is 9.08. The van der Waals surface area contributed by atoms with Crippen LogP contribution in [0.5, 0.6) is 0 Å². The van der Waals surface area contributed by atoms with Crippen molar-refractivity contribution in [3.8, 4) is 5.69 Å². The van der Waals surface area contributed by atoms with Crippen LogP contribution in [0.1, 0.15) is 41.0 Å². The smallest absolute Gasteiger partial charge is 0.226 e. The summed E-state index contributed by atoms with van der Waals surface area (Å²) in [6, 6.07) is 26.1. The summed E-state index contributed by atoms with van der Waals surface area (Å²) in [5.41, 5.74) is 6.07. The van der Waals surface area contributed by atoms with Crippen LogP contribution < -0.4 is 10.6 Å². The largest absolute Gasteiger partial charge is 0.352 e. The van der Waals surface area contributed by atoms with Crippen LogP contribution in [0, 0.1) is 13.8 Å². The Kier molecular flexibility index (Phi) is 6.82. The fraction of sp³-hybridized carbons (Fsp3) is 0.207. The Morgan fingerprint density at radius 2 is 1.83 bits per heavy atom. The van der Waals surface area contributed by atoms with Gasteiger partial charge in [0.2, 0.25) is 5.91 Å². The number of carbonyl (C=O) groups excluding carboxylic acids is 1. The van der Waals surface area contributed by atoms with Gasteiger partial charge >= 0.3 is 0 Å². The third-order valence-electron chi connectivity index (χ3n) is 6.56. The zero-order chi connectivity index (χ0) is 25.1. The Morgan fingerprint density at radius 1 is 1.03 bits per heavy atom. The predicted octanol–water partition coefficient (Wildman–Crippen LogP) is 5.49. The highest BCUT2D eigenvalue weighted by Crippen LogP contribution is 2.39. The molecular formula is C29H29N5OS. The molecule has 1 aliphatic rings. The minimum atomic E-state index is -0.141. The van der Waals surface area contributed by atoms with E-state index in [0.29, 0.717) is 18.1 Å². The molecule has 0 radical (unpaired) electrons. The lowest BCUT2D eigenvalue weighted by molar-refractivity contribution is -0.116. The van der Waals surface area contributed by atoms with E-state index in [1.165, 1.54) is 0 Å². The molecule has 7 heteroatoms. The number of hydrogen-bond acceptors (Lipinski definition) is 3. The van der Waals surface area contributed by atoms with Crippen LogP contribution >= 0.6 is 12.2 Å². The number of nitrogens with one attached hydrogen (secondary N) is 2. The minimum Gasteiger partial charge on any atom is -0.352 e. The Balaban J connectivity index is 1.43. The van der Waals surface area contributed by atoms with Crippen molar-refractivity contribution in [3.05, 3.63) is 114 Å². The molecule has 0 saturated carbocycles. The van der Waals surface area contributed by atoms with Crippen LogP contribution in [0.2, 0.25) is 0 Å². The van der Waals surface area contributed by atoms with E-state index in [9.17, 15) is 4.79 Å². The maximum Gasteiger partial charge on any atom is 0.226 e. The molecule has 1 amide bonds. The van der Waals surface area contributed by atoms with Gasteiger partial charge in [0.25, 0.3) is 0 Å². The number of aromatic nitrogens is 2. The maximum absolute atomic E-state index is 13.0. The normalized spacial score (nSPS) is 17.2. The molecule has 0 bridgehead atoms. The number of nitrogens with zero attached hydrogens (tertiary/aromatic N) is 3. The first-order chi connectivity index (χ1) is 17.5. The molecule has 4 aromatic rings. The number of carbonyl (C=O) groups is 1. The molecule has 3 heterocycles. The zero-order valence-electron chi connectivity index (χ0n) is 20.4. The third kappa shape index (κ3) is 4.88. The van der Waals surface area contributed by atoms with Gasteiger partial charge in [-0.15, -0.1) is 0 Å². The van der Waals surface area contributed by atoms with Crippen LogP contribution in [0.3, 0.4) is 0 Å². The Labute approximate surface area is 217 Å². The number of para-hydroxylation sites is 1. The quantitative estimate of drug-likeness (QED) is 0.332. The highest BCUT2D eigenvalue weighted by Gasteiger charge is 2.41. The number of rotatable bonds is 7. The molecule has 5 rings (SSSR count). The lowest BCUT2D eigenvalue weighted by Crippen LogP contribution is -2.33. The van der Waals surface area contributed by atoms with Gasteiger partial charge < -0.3 is 20.1 Å². The van der Waals surface area contributed by atoms with Gasteiger partial charge in [-0.05, 0) is 79.7 Å². The van der Waals surface area contributed by atoms with Crippen molar-refractivity contribution < 1.29 is 4.79 Å². The number of benzene rings is 2. The summed E-state index contributed by atoms with van der Waals surface area (Å²) in [6.45, 7) is 4.50. The Hall–Kier alpha value is -3.97. The molecule has 2 atom stereocenters.